The Bertz CT molecular complexity index is 228. The van der Waals surface area contributed by atoms with E-state index < -0.39 is 5.60 Å². The number of hydrogen-bond acceptors (Lipinski definition) is 3. The summed E-state index contributed by atoms with van der Waals surface area (Å²) in [6.45, 7) is 10.4. The Morgan fingerprint density at radius 3 is 2.53 bits per heavy atom. The van der Waals surface area contributed by atoms with Crippen molar-refractivity contribution in [2.45, 2.75) is 58.5 Å². The lowest BCUT2D eigenvalue weighted by Gasteiger charge is -2.44. The number of nitrogens with zero attached hydrogens (tertiary/aromatic N) is 1. The molecular formula is C14H30N2O. The summed E-state index contributed by atoms with van der Waals surface area (Å²) in [6, 6.07) is 0. The monoisotopic (exact) mass is 242 g/mol. The van der Waals surface area contributed by atoms with Crippen molar-refractivity contribution in [3.8, 4) is 0 Å². The lowest BCUT2D eigenvalue weighted by Crippen LogP contribution is -2.51. The van der Waals surface area contributed by atoms with Crippen molar-refractivity contribution in [2.75, 3.05) is 26.2 Å². The minimum Gasteiger partial charge on any atom is -0.389 e. The van der Waals surface area contributed by atoms with E-state index in [1.54, 1.807) is 0 Å². The molecule has 0 spiro atoms. The molecule has 1 fully saturated rings. The van der Waals surface area contributed by atoms with Gasteiger partial charge >= 0.3 is 0 Å². The number of rotatable bonds is 5. The van der Waals surface area contributed by atoms with Gasteiger partial charge in [-0.1, -0.05) is 20.8 Å². The summed E-state index contributed by atoms with van der Waals surface area (Å²) in [5.41, 5.74) is 5.20. The molecule has 1 aliphatic rings. The lowest BCUT2D eigenvalue weighted by atomic mass is 9.68. The van der Waals surface area contributed by atoms with Gasteiger partial charge in [-0.3, -0.25) is 0 Å². The molecule has 2 unspecified atom stereocenters. The maximum atomic E-state index is 10.9. The van der Waals surface area contributed by atoms with E-state index in [-0.39, 0.29) is 5.41 Å². The highest BCUT2D eigenvalue weighted by atomic mass is 16.3. The largest absolute Gasteiger partial charge is 0.389 e. The van der Waals surface area contributed by atoms with Crippen LogP contribution < -0.4 is 5.73 Å². The van der Waals surface area contributed by atoms with Crippen LogP contribution in [0.25, 0.3) is 0 Å². The smallest absolute Gasteiger partial charge is 0.0725 e. The van der Waals surface area contributed by atoms with Crippen LogP contribution in [-0.4, -0.2) is 41.8 Å². The summed E-state index contributed by atoms with van der Waals surface area (Å²) < 4.78 is 0. The summed E-state index contributed by atoms with van der Waals surface area (Å²) >= 11 is 0. The Balaban J connectivity index is 2.71. The molecule has 0 aromatic heterocycles. The van der Waals surface area contributed by atoms with Crippen molar-refractivity contribution >= 4 is 0 Å². The van der Waals surface area contributed by atoms with Crippen LogP contribution in [0.4, 0.5) is 0 Å². The Kier molecular flexibility index (Phi) is 5.42. The lowest BCUT2D eigenvalue weighted by molar-refractivity contribution is -0.0840. The fourth-order valence-corrected chi connectivity index (χ4v) is 2.98. The zero-order valence-electron chi connectivity index (χ0n) is 11.8. The maximum Gasteiger partial charge on any atom is 0.0725 e. The molecule has 0 aromatic carbocycles. The van der Waals surface area contributed by atoms with Gasteiger partial charge in [0.25, 0.3) is 0 Å². The summed E-state index contributed by atoms with van der Waals surface area (Å²) in [4.78, 5) is 2.48. The van der Waals surface area contributed by atoms with Crippen LogP contribution in [0.1, 0.15) is 52.9 Å². The van der Waals surface area contributed by atoms with Gasteiger partial charge in [-0.05, 0) is 45.2 Å². The van der Waals surface area contributed by atoms with Crippen LogP contribution >= 0.6 is 0 Å². The van der Waals surface area contributed by atoms with Crippen molar-refractivity contribution in [2.24, 2.45) is 11.1 Å². The molecule has 0 bridgehead atoms. The van der Waals surface area contributed by atoms with Gasteiger partial charge in [-0.15, -0.1) is 0 Å². The molecule has 3 nitrogen and oxygen atoms in total. The van der Waals surface area contributed by atoms with Gasteiger partial charge in [0, 0.05) is 18.5 Å². The zero-order valence-corrected chi connectivity index (χ0v) is 11.8. The summed E-state index contributed by atoms with van der Waals surface area (Å²) in [5, 5.41) is 10.9. The van der Waals surface area contributed by atoms with Crippen molar-refractivity contribution in [1.29, 1.82) is 0 Å². The van der Waals surface area contributed by atoms with Crippen LogP contribution in [0, 0.1) is 5.41 Å². The second kappa shape index (κ2) is 6.17. The highest BCUT2D eigenvalue weighted by Gasteiger charge is 2.44. The first-order valence-corrected chi connectivity index (χ1v) is 7.16. The van der Waals surface area contributed by atoms with Gasteiger partial charge in [0.1, 0.15) is 0 Å². The van der Waals surface area contributed by atoms with Gasteiger partial charge in [0.15, 0.2) is 0 Å². The van der Waals surface area contributed by atoms with E-state index >= 15 is 0 Å². The molecule has 1 heterocycles. The Morgan fingerprint density at radius 1 is 1.29 bits per heavy atom. The van der Waals surface area contributed by atoms with Crippen LogP contribution in [0.3, 0.4) is 0 Å². The topological polar surface area (TPSA) is 49.5 Å². The summed E-state index contributed by atoms with van der Waals surface area (Å²) in [6.07, 6.45) is 5.00. The first-order chi connectivity index (χ1) is 8.01. The summed E-state index contributed by atoms with van der Waals surface area (Å²) in [7, 11) is 0. The fourth-order valence-electron chi connectivity index (χ4n) is 2.98. The van der Waals surface area contributed by atoms with Crippen LogP contribution in [-0.2, 0) is 0 Å². The number of hydrogen-bond donors (Lipinski definition) is 2. The molecule has 3 N–H and O–H groups in total. The van der Waals surface area contributed by atoms with Gasteiger partial charge in [0.05, 0.1) is 5.60 Å². The van der Waals surface area contributed by atoms with E-state index in [0.717, 1.165) is 45.3 Å². The third kappa shape index (κ3) is 3.21. The van der Waals surface area contributed by atoms with E-state index in [1.807, 2.05) is 0 Å². The number of aliphatic hydroxyl groups is 1. The van der Waals surface area contributed by atoms with Crippen molar-refractivity contribution in [1.82, 2.24) is 4.90 Å². The molecule has 102 valence electrons. The number of likely N-dealkylation sites (tertiary alicyclic amines) is 1. The average Bonchev–Trinajstić information content (AvgIpc) is 2.52. The standard InChI is InChI=1S/C14H30N2O/c1-4-9-16-10-6-7-14(17,8-11-16)13(3,5-2)12-15/h17H,4-12,15H2,1-3H3. The number of nitrogens with two attached hydrogens (primary N) is 1. The molecular weight excluding hydrogens is 212 g/mol. The second-order valence-corrected chi connectivity index (χ2v) is 5.85. The highest BCUT2D eigenvalue weighted by Crippen LogP contribution is 2.41. The minimum absolute atomic E-state index is 0.130. The first kappa shape index (κ1) is 14.9. The van der Waals surface area contributed by atoms with Gasteiger partial charge < -0.3 is 15.7 Å². The molecule has 0 radical (unpaired) electrons. The molecule has 1 aliphatic heterocycles. The second-order valence-electron chi connectivity index (χ2n) is 5.85. The van der Waals surface area contributed by atoms with Crippen molar-refractivity contribution < 1.29 is 5.11 Å². The average molecular weight is 242 g/mol. The SMILES string of the molecule is CCCN1CCCC(O)(C(C)(CC)CN)CC1. The van der Waals surface area contributed by atoms with Crippen LogP contribution in [0.5, 0.6) is 0 Å². The van der Waals surface area contributed by atoms with E-state index in [9.17, 15) is 5.11 Å². The quantitative estimate of drug-likeness (QED) is 0.775. The Hall–Kier alpha value is -0.120. The molecule has 2 atom stereocenters. The Labute approximate surface area is 106 Å². The van der Waals surface area contributed by atoms with E-state index in [2.05, 4.69) is 25.7 Å². The van der Waals surface area contributed by atoms with Crippen LogP contribution in [0.2, 0.25) is 0 Å². The third-order valence-corrected chi connectivity index (χ3v) is 4.80. The normalized spacial score (nSPS) is 30.9. The predicted molar refractivity (Wildman–Crippen MR) is 73.0 cm³/mol. The van der Waals surface area contributed by atoms with Crippen molar-refractivity contribution in [3.05, 3.63) is 0 Å². The van der Waals surface area contributed by atoms with E-state index in [4.69, 9.17) is 5.73 Å². The molecule has 0 aliphatic carbocycles. The first-order valence-electron chi connectivity index (χ1n) is 7.16. The highest BCUT2D eigenvalue weighted by molar-refractivity contribution is 4.98. The van der Waals surface area contributed by atoms with Gasteiger partial charge in [-0.2, -0.15) is 0 Å². The van der Waals surface area contributed by atoms with Gasteiger partial charge in [0.2, 0.25) is 0 Å². The van der Waals surface area contributed by atoms with Crippen LogP contribution in [0.15, 0.2) is 0 Å². The minimum atomic E-state index is -0.570. The summed E-state index contributed by atoms with van der Waals surface area (Å²) in [5.74, 6) is 0. The molecule has 0 aromatic rings. The predicted octanol–water partition coefficient (Wildman–Crippen LogP) is 1.99. The maximum absolute atomic E-state index is 10.9. The molecule has 0 amide bonds. The zero-order chi connectivity index (χ0) is 12.9. The molecule has 3 heteroatoms. The molecule has 1 saturated heterocycles. The van der Waals surface area contributed by atoms with Gasteiger partial charge in [-0.25, -0.2) is 0 Å². The van der Waals surface area contributed by atoms with Crippen molar-refractivity contribution in [3.63, 3.8) is 0 Å². The fraction of sp³-hybridized carbons (Fsp3) is 1.00. The molecule has 0 saturated carbocycles. The third-order valence-electron chi connectivity index (χ3n) is 4.80. The molecule has 1 rings (SSSR count). The van der Waals surface area contributed by atoms with E-state index in [1.165, 1.54) is 6.42 Å². The van der Waals surface area contributed by atoms with E-state index in [0.29, 0.717) is 6.54 Å². The molecule has 17 heavy (non-hydrogen) atoms. The Morgan fingerprint density at radius 2 is 2.00 bits per heavy atom.